The van der Waals surface area contributed by atoms with Crippen LogP contribution in [0.1, 0.15) is 95.9 Å². The Labute approximate surface area is 238 Å². The molecule has 3 atom stereocenters. The van der Waals surface area contributed by atoms with Crippen LogP contribution in [0.15, 0.2) is 0 Å². The summed E-state index contributed by atoms with van der Waals surface area (Å²) in [6, 6.07) is 2.37. The summed E-state index contributed by atoms with van der Waals surface area (Å²) in [5, 5.41) is 10.4. The van der Waals surface area contributed by atoms with Crippen molar-refractivity contribution in [3.63, 3.8) is 0 Å². The lowest BCUT2D eigenvalue weighted by Gasteiger charge is -2.31. The maximum Gasteiger partial charge on any atom is 0.318 e. The lowest BCUT2D eigenvalue weighted by atomic mass is 9.90. The third-order valence-electron chi connectivity index (χ3n) is 9.63. The van der Waals surface area contributed by atoms with E-state index in [-0.39, 0.29) is 23.5 Å². The van der Waals surface area contributed by atoms with E-state index in [2.05, 4.69) is 15.9 Å². The molecule has 2 aromatic heterocycles. The van der Waals surface area contributed by atoms with Crippen molar-refractivity contribution in [1.82, 2.24) is 19.8 Å². The number of anilines is 2. The van der Waals surface area contributed by atoms with Crippen molar-refractivity contribution >= 4 is 28.1 Å². The highest BCUT2D eigenvalue weighted by Crippen LogP contribution is 2.47. The maximum atomic E-state index is 14.4. The molecule has 7 rings (SSSR count). The molecule has 2 aromatic rings. The number of carbonyl (C=O) groups excluding carboxylic acids is 1. The summed E-state index contributed by atoms with van der Waals surface area (Å²) >= 11 is 1.48. The molecule has 5 aliphatic rings. The van der Waals surface area contributed by atoms with Crippen LogP contribution in [0.4, 0.5) is 15.2 Å². The summed E-state index contributed by atoms with van der Waals surface area (Å²) in [5.74, 6) is 0.579. The Morgan fingerprint density at radius 2 is 1.98 bits per heavy atom. The van der Waals surface area contributed by atoms with E-state index in [1.54, 1.807) is 0 Å². The van der Waals surface area contributed by atoms with Gasteiger partial charge in [0.05, 0.1) is 29.4 Å². The summed E-state index contributed by atoms with van der Waals surface area (Å²) in [5.41, 5.74) is 8.60. The molecule has 0 bridgehead atoms. The Bertz CT molecular complexity index is 1370. The van der Waals surface area contributed by atoms with Crippen LogP contribution >= 0.6 is 11.3 Å². The van der Waals surface area contributed by atoms with Gasteiger partial charge < -0.3 is 20.3 Å². The highest BCUT2D eigenvalue weighted by atomic mass is 32.1. The topological polar surface area (TPSA) is 112 Å². The minimum absolute atomic E-state index is 0.0797. The molecule has 11 heteroatoms. The molecule has 1 aliphatic carbocycles. The number of nitrogens with two attached hydrogens (primary N) is 1. The smallest absolute Gasteiger partial charge is 0.318 e. The third kappa shape index (κ3) is 4.22. The molecule has 2 N–H and O–H groups in total. The van der Waals surface area contributed by atoms with Gasteiger partial charge in [0.1, 0.15) is 35.2 Å². The van der Waals surface area contributed by atoms with E-state index >= 15 is 0 Å². The van der Waals surface area contributed by atoms with Gasteiger partial charge in [-0.25, -0.2) is 4.39 Å². The fraction of sp³-hybridized carbons (Fsp3) is 0.655. The second kappa shape index (κ2) is 10.1. The molecule has 6 heterocycles. The standard InChI is InChI=1S/C29H36FN7O2S/c30-18-13-29(9-6-12-36(29)15-18)17-39-28-33-20-16-37(21-7-5-8-22-23(21)19(14-31)25(32)40-22)27(38)24(20)26(34-28)35-10-3-1-2-4-11-35/h18,21H,1-13,15-17,32H2/t18-,21-,29+/m1/s1. The Balaban J connectivity index is 1.23. The van der Waals surface area contributed by atoms with Crippen LogP contribution < -0.4 is 15.4 Å². The molecule has 3 fully saturated rings. The number of rotatable bonds is 5. The number of aryl methyl sites for hydroxylation is 1. The molecule has 1 amide bonds. The van der Waals surface area contributed by atoms with Crippen LogP contribution in [-0.2, 0) is 13.0 Å². The molecule has 40 heavy (non-hydrogen) atoms. The number of ether oxygens (including phenoxy) is 1. The molecule has 3 saturated heterocycles. The molecule has 0 aromatic carbocycles. The molecule has 4 aliphatic heterocycles. The van der Waals surface area contributed by atoms with Crippen molar-refractivity contribution < 1.29 is 13.9 Å². The van der Waals surface area contributed by atoms with Crippen LogP contribution in [0, 0.1) is 11.3 Å². The monoisotopic (exact) mass is 565 g/mol. The number of halogens is 1. The zero-order valence-corrected chi connectivity index (χ0v) is 23.6. The highest BCUT2D eigenvalue weighted by Gasteiger charge is 2.49. The Kier molecular flexibility index (Phi) is 6.58. The van der Waals surface area contributed by atoms with Gasteiger partial charge in [-0.1, -0.05) is 12.8 Å². The number of aromatic nitrogens is 2. The number of nitrogens with zero attached hydrogens (tertiary/aromatic N) is 6. The third-order valence-corrected chi connectivity index (χ3v) is 10.7. The van der Waals surface area contributed by atoms with Crippen LogP contribution in [-0.4, -0.2) is 70.2 Å². The van der Waals surface area contributed by atoms with Gasteiger partial charge in [0.2, 0.25) is 0 Å². The first-order chi connectivity index (χ1) is 19.5. The minimum Gasteiger partial charge on any atom is -0.461 e. The van der Waals surface area contributed by atoms with Crippen molar-refractivity contribution in [3.05, 3.63) is 27.3 Å². The van der Waals surface area contributed by atoms with Gasteiger partial charge in [-0.05, 0) is 51.5 Å². The molecule has 0 unspecified atom stereocenters. The number of carbonyl (C=O) groups is 1. The number of amides is 1. The van der Waals surface area contributed by atoms with E-state index in [1.165, 1.54) is 11.3 Å². The van der Waals surface area contributed by atoms with Crippen molar-refractivity contribution in [2.45, 2.75) is 88.5 Å². The molecule has 0 saturated carbocycles. The lowest BCUT2D eigenvalue weighted by Crippen LogP contribution is -2.43. The number of nitrogen functional groups attached to an aromatic ring is 1. The predicted molar refractivity (Wildman–Crippen MR) is 150 cm³/mol. The van der Waals surface area contributed by atoms with Gasteiger partial charge >= 0.3 is 6.01 Å². The van der Waals surface area contributed by atoms with E-state index in [9.17, 15) is 14.4 Å². The Hall–Kier alpha value is -2.97. The molecular formula is C29H36FN7O2S. The fourth-order valence-corrected chi connectivity index (χ4v) is 8.85. The number of thiophene rings is 1. The lowest BCUT2D eigenvalue weighted by molar-refractivity contribution is 0.0682. The van der Waals surface area contributed by atoms with Gasteiger partial charge in [-0.3, -0.25) is 9.69 Å². The van der Waals surface area contributed by atoms with Crippen molar-refractivity contribution in [3.8, 4) is 12.1 Å². The quantitative estimate of drug-likeness (QED) is 0.569. The summed E-state index contributed by atoms with van der Waals surface area (Å²) in [4.78, 5) is 31.3. The van der Waals surface area contributed by atoms with Crippen LogP contribution in [0.2, 0.25) is 0 Å². The van der Waals surface area contributed by atoms with Crippen molar-refractivity contribution in [2.24, 2.45) is 0 Å². The Morgan fingerprint density at radius 3 is 2.77 bits per heavy atom. The van der Waals surface area contributed by atoms with Crippen LogP contribution in [0.3, 0.4) is 0 Å². The summed E-state index contributed by atoms with van der Waals surface area (Å²) < 4.78 is 20.7. The first-order valence-corrected chi connectivity index (χ1v) is 15.6. The van der Waals surface area contributed by atoms with Crippen LogP contribution in [0.5, 0.6) is 6.01 Å². The second-order valence-corrected chi connectivity index (χ2v) is 13.2. The van der Waals surface area contributed by atoms with E-state index in [0.717, 1.165) is 87.9 Å². The average molecular weight is 566 g/mol. The molecule has 0 radical (unpaired) electrons. The second-order valence-electron chi connectivity index (χ2n) is 12.0. The van der Waals surface area contributed by atoms with E-state index in [1.807, 2.05) is 4.90 Å². The van der Waals surface area contributed by atoms with Crippen molar-refractivity contribution in [2.75, 3.05) is 43.4 Å². The normalized spacial score (nSPS) is 28.2. The Morgan fingerprint density at radius 1 is 1.15 bits per heavy atom. The maximum absolute atomic E-state index is 14.4. The highest BCUT2D eigenvalue weighted by molar-refractivity contribution is 7.16. The molecule has 212 valence electrons. The number of alkyl halides is 1. The van der Waals surface area contributed by atoms with Crippen molar-refractivity contribution in [1.29, 1.82) is 5.26 Å². The first kappa shape index (κ1) is 26.0. The molecular weight excluding hydrogens is 529 g/mol. The number of hydrogen-bond donors (Lipinski definition) is 1. The number of hydrogen-bond acceptors (Lipinski definition) is 9. The fourth-order valence-electron chi connectivity index (χ4n) is 7.73. The molecule has 9 nitrogen and oxygen atoms in total. The predicted octanol–water partition coefficient (Wildman–Crippen LogP) is 4.36. The van der Waals surface area contributed by atoms with E-state index in [0.29, 0.717) is 53.8 Å². The number of fused-ring (bicyclic) bond motifs is 3. The van der Waals surface area contributed by atoms with Crippen LogP contribution in [0.25, 0.3) is 0 Å². The van der Waals surface area contributed by atoms with E-state index < -0.39 is 6.17 Å². The van der Waals surface area contributed by atoms with Gasteiger partial charge in [-0.2, -0.15) is 15.2 Å². The zero-order valence-electron chi connectivity index (χ0n) is 22.8. The zero-order chi connectivity index (χ0) is 27.4. The minimum atomic E-state index is -0.825. The van der Waals surface area contributed by atoms with Gasteiger partial charge in [0.15, 0.2) is 0 Å². The van der Waals surface area contributed by atoms with E-state index in [4.69, 9.17) is 20.4 Å². The largest absolute Gasteiger partial charge is 0.461 e. The molecule has 0 spiro atoms. The van der Waals surface area contributed by atoms with Gasteiger partial charge in [-0.15, -0.1) is 11.3 Å². The van der Waals surface area contributed by atoms with Gasteiger partial charge in [0, 0.05) is 36.5 Å². The summed E-state index contributed by atoms with van der Waals surface area (Å²) in [7, 11) is 0. The summed E-state index contributed by atoms with van der Waals surface area (Å²) in [6.07, 6.45) is 8.66. The average Bonchev–Trinajstić information content (AvgIpc) is 3.59. The first-order valence-electron chi connectivity index (χ1n) is 14.8. The van der Waals surface area contributed by atoms with Gasteiger partial charge in [0.25, 0.3) is 5.91 Å². The number of nitriles is 1. The summed E-state index contributed by atoms with van der Waals surface area (Å²) in [6.45, 7) is 3.75. The SMILES string of the molecule is N#Cc1c(N)sc2c1[C@H](N1Cc3nc(OC[C@@]45CCCN4C[C@H](F)C5)nc(N4CCCCCC4)c3C1=O)CCC2.